The Balaban J connectivity index is 1.82. The molecule has 1 aliphatic rings. The van der Waals surface area contributed by atoms with E-state index in [1.54, 1.807) is 44.2 Å². The molecule has 6 heteroatoms. The number of rotatable bonds is 5. The van der Waals surface area contributed by atoms with Crippen LogP contribution in [0.15, 0.2) is 40.7 Å². The van der Waals surface area contributed by atoms with Crippen LogP contribution in [0.4, 0.5) is 0 Å². The molecule has 0 radical (unpaired) electrons. The zero-order valence-electron chi connectivity index (χ0n) is 13.3. The summed E-state index contributed by atoms with van der Waals surface area (Å²) in [5.74, 6) is 0.940. The summed E-state index contributed by atoms with van der Waals surface area (Å²) < 4.78 is 21.1. The van der Waals surface area contributed by atoms with E-state index in [1.807, 2.05) is 0 Å². The van der Waals surface area contributed by atoms with E-state index in [9.17, 15) is 9.59 Å². The van der Waals surface area contributed by atoms with Crippen molar-refractivity contribution in [3.05, 3.63) is 53.2 Å². The Morgan fingerprint density at radius 2 is 2.12 bits per heavy atom. The molecule has 2 aromatic rings. The Morgan fingerprint density at radius 3 is 2.83 bits per heavy atom. The fourth-order valence-electron chi connectivity index (χ4n) is 2.37. The average molecular weight is 328 g/mol. The largest absolute Gasteiger partial charge is 0.481 e. The van der Waals surface area contributed by atoms with Crippen LogP contribution < -0.4 is 9.47 Å². The number of fused-ring (bicyclic) bond motifs is 1. The van der Waals surface area contributed by atoms with Gasteiger partial charge in [-0.3, -0.25) is 4.79 Å². The third kappa shape index (κ3) is 3.03. The maximum absolute atomic E-state index is 12.4. The minimum absolute atomic E-state index is 0.186. The number of carbonyl (C=O) groups is 2. The number of ether oxygens (including phenoxy) is 3. The van der Waals surface area contributed by atoms with Gasteiger partial charge in [0.1, 0.15) is 17.3 Å². The molecule has 0 atom stereocenters. The number of hydrogen-bond donors (Lipinski definition) is 0. The van der Waals surface area contributed by atoms with Gasteiger partial charge in [0.25, 0.3) is 0 Å². The number of Topliss-reactive ketones (excluding diaryl/α,β-unsaturated/α-hetero) is 1. The van der Waals surface area contributed by atoms with Crippen LogP contribution in [0.1, 0.15) is 28.6 Å². The predicted octanol–water partition coefficient (Wildman–Crippen LogP) is 3.15. The summed E-state index contributed by atoms with van der Waals surface area (Å²) in [6.07, 6.45) is 3.06. The summed E-state index contributed by atoms with van der Waals surface area (Å²) in [6.45, 7) is 3.59. The van der Waals surface area contributed by atoms with E-state index in [1.165, 1.54) is 6.26 Å². The van der Waals surface area contributed by atoms with Crippen molar-refractivity contribution in [2.75, 3.05) is 13.2 Å². The second kappa shape index (κ2) is 6.62. The number of carbonyl (C=O) groups excluding carboxylic acids is 2. The molecular weight excluding hydrogens is 312 g/mol. The molecule has 2 heterocycles. The van der Waals surface area contributed by atoms with Gasteiger partial charge in [-0.15, -0.1) is 0 Å². The van der Waals surface area contributed by atoms with Crippen LogP contribution in [0.3, 0.4) is 0 Å². The fraction of sp³-hybridized carbons (Fsp3) is 0.222. The maximum atomic E-state index is 12.4. The molecule has 3 rings (SSSR count). The van der Waals surface area contributed by atoms with Crippen LogP contribution in [0.25, 0.3) is 6.08 Å². The number of esters is 1. The Bertz CT molecular complexity index is 801. The first-order valence-corrected chi connectivity index (χ1v) is 7.50. The second-order valence-corrected chi connectivity index (χ2v) is 5.11. The number of benzene rings is 1. The number of allylic oxidation sites excluding steroid dienone is 1. The van der Waals surface area contributed by atoms with E-state index in [0.717, 1.165) is 0 Å². The van der Waals surface area contributed by atoms with E-state index < -0.39 is 5.97 Å². The van der Waals surface area contributed by atoms with E-state index in [4.69, 9.17) is 18.6 Å². The first-order chi connectivity index (χ1) is 11.6. The molecule has 1 aliphatic heterocycles. The molecule has 0 spiro atoms. The highest BCUT2D eigenvalue weighted by Gasteiger charge is 2.30. The molecule has 24 heavy (non-hydrogen) atoms. The molecule has 0 N–H and O–H groups in total. The van der Waals surface area contributed by atoms with Crippen molar-refractivity contribution in [3.63, 3.8) is 0 Å². The quantitative estimate of drug-likeness (QED) is 0.620. The molecule has 0 fully saturated rings. The van der Waals surface area contributed by atoms with Gasteiger partial charge >= 0.3 is 5.97 Å². The third-order valence-electron chi connectivity index (χ3n) is 3.50. The van der Waals surface area contributed by atoms with Crippen LogP contribution in [0.2, 0.25) is 0 Å². The molecule has 124 valence electrons. The SMILES string of the molecule is CCOC(=O)COc1ccc2c(c1C)OC(=Cc1ccco1)C2=O. The molecule has 0 aliphatic carbocycles. The highest BCUT2D eigenvalue weighted by molar-refractivity contribution is 6.14. The summed E-state index contributed by atoms with van der Waals surface area (Å²) in [5, 5.41) is 0. The molecule has 0 amide bonds. The minimum atomic E-state index is -0.451. The Labute approximate surface area is 138 Å². The molecule has 1 aromatic carbocycles. The summed E-state index contributed by atoms with van der Waals surface area (Å²) in [4.78, 5) is 23.8. The lowest BCUT2D eigenvalue weighted by Crippen LogP contribution is -2.15. The third-order valence-corrected chi connectivity index (χ3v) is 3.50. The van der Waals surface area contributed by atoms with E-state index in [2.05, 4.69) is 0 Å². The van der Waals surface area contributed by atoms with Gasteiger partial charge in [-0.2, -0.15) is 0 Å². The number of furan rings is 1. The molecule has 0 saturated carbocycles. The molecule has 1 aromatic heterocycles. The van der Waals surface area contributed by atoms with Crippen molar-refractivity contribution in [3.8, 4) is 11.5 Å². The smallest absolute Gasteiger partial charge is 0.344 e. The van der Waals surface area contributed by atoms with Crippen LogP contribution in [0, 0.1) is 6.92 Å². The molecular formula is C18H16O6. The van der Waals surface area contributed by atoms with Crippen molar-refractivity contribution in [1.82, 2.24) is 0 Å². The molecule has 0 saturated heterocycles. The van der Waals surface area contributed by atoms with Crippen LogP contribution in [-0.2, 0) is 9.53 Å². The van der Waals surface area contributed by atoms with Crippen LogP contribution in [-0.4, -0.2) is 25.0 Å². The van der Waals surface area contributed by atoms with Crippen LogP contribution in [0.5, 0.6) is 11.5 Å². The first kappa shape index (κ1) is 15.9. The summed E-state index contributed by atoms with van der Waals surface area (Å²) in [6, 6.07) is 6.72. The zero-order chi connectivity index (χ0) is 17.1. The fourth-order valence-corrected chi connectivity index (χ4v) is 2.37. The van der Waals surface area contributed by atoms with Gasteiger partial charge in [0.2, 0.25) is 5.78 Å². The molecule has 6 nitrogen and oxygen atoms in total. The minimum Gasteiger partial charge on any atom is -0.481 e. The Kier molecular flexibility index (Phi) is 4.37. The summed E-state index contributed by atoms with van der Waals surface area (Å²) in [7, 11) is 0. The number of hydrogen-bond acceptors (Lipinski definition) is 6. The van der Waals surface area contributed by atoms with E-state index in [0.29, 0.717) is 35.0 Å². The van der Waals surface area contributed by atoms with Gasteiger partial charge < -0.3 is 18.6 Å². The Hall–Kier alpha value is -3.02. The van der Waals surface area contributed by atoms with Gasteiger partial charge in [-0.05, 0) is 38.1 Å². The van der Waals surface area contributed by atoms with Crippen LogP contribution >= 0.6 is 0 Å². The van der Waals surface area contributed by atoms with E-state index in [-0.39, 0.29) is 18.1 Å². The lowest BCUT2D eigenvalue weighted by molar-refractivity contribution is -0.145. The summed E-state index contributed by atoms with van der Waals surface area (Å²) in [5.41, 5.74) is 1.10. The molecule has 0 bridgehead atoms. The highest BCUT2D eigenvalue weighted by atomic mass is 16.6. The van der Waals surface area contributed by atoms with Gasteiger partial charge in [-0.1, -0.05) is 0 Å². The predicted molar refractivity (Wildman–Crippen MR) is 85.0 cm³/mol. The zero-order valence-corrected chi connectivity index (χ0v) is 13.3. The number of ketones is 1. The highest BCUT2D eigenvalue weighted by Crippen LogP contribution is 2.39. The average Bonchev–Trinajstić information content (AvgIpc) is 3.17. The standard InChI is InChI=1S/C18H16O6/c1-3-21-16(19)10-23-14-7-6-13-17(20)15(24-18(13)11(14)2)9-12-5-4-8-22-12/h4-9H,3,10H2,1-2H3. The van der Waals surface area contributed by atoms with Gasteiger partial charge in [0, 0.05) is 11.6 Å². The maximum Gasteiger partial charge on any atom is 0.344 e. The molecule has 0 unspecified atom stereocenters. The summed E-state index contributed by atoms with van der Waals surface area (Å²) >= 11 is 0. The first-order valence-electron chi connectivity index (χ1n) is 7.50. The van der Waals surface area contributed by atoms with Crippen molar-refractivity contribution in [2.24, 2.45) is 0 Å². The van der Waals surface area contributed by atoms with Crippen molar-refractivity contribution in [2.45, 2.75) is 13.8 Å². The van der Waals surface area contributed by atoms with Gasteiger partial charge in [-0.25, -0.2) is 4.79 Å². The van der Waals surface area contributed by atoms with E-state index >= 15 is 0 Å². The Morgan fingerprint density at radius 1 is 1.29 bits per heavy atom. The monoisotopic (exact) mass is 328 g/mol. The van der Waals surface area contributed by atoms with Crippen molar-refractivity contribution in [1.29, 1.82) is 0 Å². The van der Waals surface area contributed by atoms with Crippen molar-refractivity contribution < 1.29 is 28.2 Å². The van der Waals surface area contributed by atoms with Gasteiger partial charge in [0.15, 0.2) is 12.4 Å². The normalized spacial score (nSPS) is 14.4. The second-order valence-electron chi connectivity index (χ2n) is 5.11. The lowest BCUT2D eigenvalue weighted by Gasteiger charge is -2.10. The lowest BCUT2D eigenvalue weighted by atomic mass is 10.1. The van der Waals surface area contributed by atoms with Gasteiger partial charge in [0.05, 0.1) is 18.4 Å². The topological polar surface area (TPSA) is 75.0 Å². The van der Waals surface area contributed by atoms with Crippen molar-refractivity contribution >= 4 is 17.8 Å².